The van der Waals surface area contributed by atoms with Gasteiger partial charge >= 0.3 is 0 Å². The van der Waals surface area contributed by atoms with Gasteiger partial charge in [0.2, 0.25) is 5.95 Å². The number of rotatable bonds is 6. The lowest BCUT2D eigenvalue weighted by atomic mass is 10.0. The maximum Gasteiger partial charge on any atom is 0.222 e. The van der Waals surface area contributed by atoms with Crippen LogP contribution in [-0.2, 0) is 0 Å². The van der Waals surface area contributed by atoms with Crippen molar-refractivity contribution in [3.8, 4) is 17.2 Å². The number of halogens is 1. The van der Waals surface area contributed by atoms with E-state index in [2.05, 4.69) is 64.4 Å². The van der Waals surface area contributed by atoms with Gasteiger partial charge in [-0.25, -0.2) is 4.98 Å². The highest BCUT2D eigenvalue weighted by atomic mass is 127. The van der Waals surface area contributed by atoms with E-state index in [0.717, 1.165) is 27.2 Å². The quantitative estimate of drug-likeness (QED) is 0.582. The van der Waals surface area contributed by atoms with Crippen molar-refractivity contribution in [2.24, 2.45) is 0 Å². The fourth-order valence-corrected chi connectivity index (χ4v) is 3.93. The Balaban J connectivity index is 1.81. The first-order valence-corrected chi connectivity index (χ1v) is 10.7. The lowest BCUT2D eigenvalue weighted by Crippen LogP contribution is -2.40. The van der Waals surface area contributed by atoms with Crippen molar-refractivity contribution in [2.45, 2.75) is 45.1 Å². The molecule has 0 amide bonds. The van der Waals surface area contributed by atoms with Crippen LogP contribution in [0.1, 0.15) is 44.6 Å². The first-order valence-electron chi connectivity index (χ1n) is 9.57. The fraction of sp³-hybridized carbons (Fsp3) is 0.500. The lowest BCUT2D eigenvalue weighted by molar-refractivity contribution is 0.124. The van der Waals surface area contributed by atoms with Gasteiger partial charge in [0.15, 0.2) is 11.6 Å². The minimum Gasteiger partial charge on any atom is -0.491 e. The lowest BCUT2D eigenvalue weighted by Gasteiger charge is -2.32. The highest BCUT2D eigenvalue weighted by Crippen LogP contribution is 2.38. The summed E-state index contributed by atoms with van der Waals surface area (Å²) in [5, 5.41) is 0. The molecule has 1 aliphatic heterocycles. The van der Waals surface area contributed by atoms with Crippen molar-refractivity contribution in [3.63, 3.8) is 0 Å². The van der Waals surface area contributed by atoms with Gasteiger partial charge in [0.05, 0.1) is 9.77 Å². The minimum absolute atomic E-state index is 0.125. The van der Waals surface area contributed by atoms with Gasteiger partial charge in [-0.3, -0.25) is 0 Å². The van der Waals surface area contributed by atoms with E-state index in [1.807, 2.05) is 6.07 Å². The zero-order valence-electron chi connectivity index (χ0n) is 16.6. The molecule has 1 aromatic carbocycles. The smallest absolute Gasteiger partial charge is 0.222 e. The summed E-state index contributed by atoms with van der Waals surface area (Å²) in [6.45, 7) is 6.08. The van der Waals surface area contributed by atoms with Crippen LogP contribution in [0.25, 0.3) is 0 Å². The molecule has 1 aliphatic rings. The maximum atomic E-state index is 6.21. The van der Waals surface area contributed by atoms with Gasteiger partial charge in [-0.2, -0.15) is 4.98 Å². The number of nitrogen functional groups attached to an aromatic ring is 2. The van der Waals surface area contributed by atoms with Gasteiger partial charge in [-0.05, 0) is 67.1 Å². The van der Waals surface area contributed by atoms with Crippen molar-refractivity contribution >= 4 is 34.4 Å². The molecule has 0 spiro atoms. The number of hydrogen-bond acceptors (Lipinski definition) is 7. The molecule has 1 unspecified atom stereocenters. The van der Waals surface area contributed by atoms with Crippen molar-refractivity contribution < 1.29 is 9.47 Å². The van der Waals surface area contributed by atoms with Crippen LogP contribution < -0.4 is 20.9 Å². The van der Waals surface area contributed by atoms with E-state index in [0.29, 0.717) is 18.4 Å². The van der Waals surface area contributed by atoms with Crippen molar-refractivity contribution in [1.29, 1.82) is 0 Å². The van der Waals surface area contributed by atoms with Gasteiger partial charge in [0.1, 0.15) is 18.1 Å². The fourth-order valence-electron chi connectivity index (χ4n) is 3.34. The van der Waals surface area contributed by atoms with Crippen LogP contribution in [0.2, 0.25) is 0 Å². The molecular formula is C20H28IN5O2. The summed E-state index contributed by atoms with van der Waals surface area (Å²) in [5.74, 6) is 2.60. The highest BCUT2D eigenvalue weighted by Gasteiger charge is 2.21. The molecule has 28 heavy (non-hydrogen) atoms. The SMILES string of the molecule is CC(C)c1cc(OCC2CCCCN2C)c(I)cc1Oc1cnc(N)nc1N. The van der Waals surface area contributed by atoms with Crippen LogP contribution in [0.3, 0.4) is 0 Å². The standard InChI is InChI=1S/C20H28IN5O2/c1-12(2)14-8-17(27-11-13-6-4-5-7-26(13)3)15(21)9-16(14)28-18-10-24-20(23)25-19(18)22/h8-10,12-13H,4-7,11H2,1-3H3,(H4,22,23,24,25). The first-order chi connectivity index (χ1) is 13.3. The number of anilines is 2. The van der Waals surface area contributed by atoms with Gasteiger partial charge in [0, 0.05) is 11.6 Å². The third-order valence-corrected chi connectivity index (χ3v) is 5.90. The van der Waals surface area contributed by atoms with E-state index >= 15 is 0 Å². The summed E-state index contributed by atoms with van der Waals surface area (Å²) >= 11 is 2.28. The Hall–Kier alpha value is -1.81. The van der Waals surface area contributed by atoms with E-state index in [-0.39, 0.29) is 17.7 Å². The molecule has 2 heterocycles. The molecule has 1 fully saturated rings. The number of likely N-dealkylation sites (tertiary alicyclic amines) is 1. The average Bonchev–Trinajstić information content (AvgIpc) is 2.64. The predicted molar refractivity (Wildman–Crippen MR) is 120 cm³/mol. The van der Waals surface area contributed by atoms with Crippen LogP contribution in [-0.4, -0.2) is 41.1 Å². The Kier molecular flexibility index (Phi) is 6.82. The second-order valence-corrected chi connectivity index (χ2v) is 8.66. The monoisotopic (exact) mass is 497 g/mol. The largest absolute Gasteiger partial charge is 0.491 e. The molecule has 8 heteroatoms. The topological polar surface area (TPSA) is 99.5 Å². The van der Waals surface area contributed by atoms with E-state index in [1.165, 1.54) is 25.5 Å². The number of hydrogen-bond donors (Lipinski definition) is 2. The Morgan fingerprint density at radius 3 is 2.68 bits per heavy atom. The van der Waals surface area contributed by atoms with Gasteiger partial charge in [-0.15, -0.1) is 0 Å². The Labute approximate surface area is 179 Å². The van der Waals surface area contributed by atoms with Crippen LogP contribution in [0.15, 0.2) is 18.3 Å². The van der Waals surface area contributed by atoms with Crippen LogP contribution in [0, 0.1) is 3.57 Å². The zero-order valence-corrected chi connectivity index (χ0v) is 18.8. The third-order valence-electron chi connectivity index (χ3n) is 5.06. The third kappa shape index (κ3) is 4.96. The second kappa shape index (κ2) is 9.13. The maximum absolute atomic E-state index is 6.21. The first kappa shape index (κ1) is 20.9. The van der Waals surface area contributed by atoms with Crippen LogP contribution >= 0.6 is 22.6 Å². The number of likely N-dealkylation sites (N-methyl/N-ethyl adjacent to an activating group) is 1. The Bertz CT molecular complexity index is 830. The summed E-state index contributed by atoms with van der Waals surface area (Å²) in [6, 6.07) is 4.51. The number of nitrogens with zero attached hydrogens (tertiary/aromatic N) is 3. The second-order valence-electron chi connectivity index (χ2n) is 7.50. The molecule has 0 saturated carbocycles. The minimum atomic E-state index is 0.125. The van der Waals surface area contributed by atoms with Crippen molar-refractivity contribution in [2.75, 3.05) is 31.7 Å². The molecular weight excluding hydrogens is 469 g/mol. The number of piperidine rings is 1. The number of aromatic nitrogens is 2. The summed E-state index contributed by atoms with van der Waals surface area (Å²) < 4.78 is 13.2. The Morgan fingerprint density at radius 1 is 1.21 bits per heavy atom. The van der Waals surface area contributed by atoms with E-state index in [4.69, 9.17) is 20.9 Å². The number of benzene rings is 1. The van der Waals surface area contributed by atoms with E-state index in [1.54, 1.807) is 0 Å². The van der Waals surface area contributed by atoms with Gasteiger partial charge in [0.25, 0.3) is 0 Å². The number of nitrogens with two attached hydrogens (primary N) is 2. The zero-order chi connectivity index (χ0) is 20.3. The van der Waals surface area contributed by atoms with Crippen molar-refractivity contribution in [3.05, 3.63) is 27.5 Å². The molecule has 1 saturated heterocycles. The molecule has 3 rings (SSSR count). The molecule has 1 atom stereocenters. The van der Waals surface area contributed by atoms with Gasteiger partial charge in [-0.1, -0.05) is 20.3 Å². The Morgan fingerprint density at radius 2 is 2.00 bits per heavy atom. The summed E-state index contributed by atoms with van der Waals surface area (Å²) in [7, 11) is 2.17. The van der Waals surface area contributed by atoms with E-state index in [9.17, 15) is 0 Å². The molecule has 0 radical (unpaired) electrons. The summed E-state index contributed by atoms with van der Waals surface area (Å²) in [6.07, 6.45) is 5.22. The molecule has 0 aliphatic carbocycles. The molecule has 1 aromatic heterocycles. The molecule has 0 bridgehead atoms. The molecule has 7 nitrogen and oxygen atoms in total. The normalized spacial score (nSPS) is 17.7. The number of ether oxygens (including phenoxy) is 2. The van der Waals surface area contributed by atoms with E-state index < -0.39 is 0 Å². The predicted octanol–water partition coefficient (Wildman–Crippen LogP) is 4.02. The molecule has 2 aromatic rings. The summed E-state index contributed by atoms with van der Waals surface area (Å²) in [5.41, 5.74) is 12.5. The summed E-state index contributed by atoms with van der Waals surface area (Å²) in [4.78, 5) is 10.3. The molecule has 152 valence electrons. The van der Waals surface area contributed by atoms with Gasteiger partial charge < -0.3 is 25.8 Å². The van der Waals surface area contributed by atoms with Crippen LogP contribution in [0.5, 0.6) is 17.2 Å². The highest BCUT2D eigenvalue weighted by molar-refractivity contribution is 14.1. The average molecular weight is 497 g/mol. The molecule has 4 N–H and O–H groups in total. The van der Waals surface area contributed by atoms with Crippen molar-refractivity contribution in [1.82, 2.24) is 14.9 Å². The van der Waals surface area contributed by atoms with Crippen LogP contribution in [0.4, 0.5) is 11.8 Å².